The molecule has 18 heavy (non-hydrogen) atoms. The Bertz CT molecular complexity index is 656. The van der Waals surface area contributed by atoms with Crippen LogP contribution in [0.4, 0.5) is 10.1 Å². The maximum Gasteiger partial charge on any atom is 0.261 e. The Morgan fingerprint density at radius 2 is 1.72 bits per heavy atom. The third-order valence-electron chi connectivity index (χ3n) is 2.25. The molecule has 0 unspecified atom stereocenters. The summed E-state index contributed by atoms with van der Waals surface area (Å²) >= 11 is 0. The first-order chi connectivity index (χ1) is 8.49. The van der Waals surface area contributed by atoms with Crippen LogP contribution in [0.25, 0.3) is 0 Å². The normalized spacial score (nSPS) is 11.2. The van der Waals surface area contributed by atoms with E-state index in [2.05, 4.69) is 4.72 Å². The van der Waals surface area contributed by atoms with Crippen molar-refractivity contribution in [3.63, 3.8) is 0 Å². The van der Waals surface area contributed by atoms with Gasteiger partial charge in [0, 0.05) is 6.07 Å². The van der Waals surface area contributed by atoms with Crippen LogP contribution in [0, 0.1) is 5.82 Å². The number of hydrogen-bond acceptors (Lipinski definition) is 3. The second kappa shape index (κ2) is 4.66. The van der Waals surface area contributed by atoms with Gasteiger partial charge in [-0.3, -0.25) is 4.72 Å². The smallest absolute Gasteiger partial charge is 0.261 e. The number of nitrogens with one attached hydrogen (secondary N) is 1. The Morgan fingerprint density at radius 3 is 2.33 bits per heavy atom. The molecule has 0 heterocycles. The van der Waals surface area contributed by atoms with Gasteiger partial charge >= 0.3 is 0 Å². The summed E-state index contributed by atoms with van der Waals surface area (Å²) in [5.41, 5.74) is -0.211. The van der Waals surface area contributed by atoms with Gasteiger partial charge in [-0.15, -0.1) is 0 Å². The quantitative estimate of drug-likeness (QED) is 0.839. The summed E-state index contributed by atoms with van der Waals surface area (Å²) in [6.45, 7) is 0. The molecule has 6 heteroatoms. The van der Waals surface area contributed by atoms with E-state index in [-0.39, 0.29) is 16.3 Å². The zero-order valence-corrected chi connectivity index (χ0v) is 9.99. The van der Waals surface area contributed by atoms with Crippen LogP contribution in [-0.2, 0) is 10.0 Å². The van der Waals surface area contributed by atoms with E-state index in [0.717, 1.165) is 12.1 Å². The highest BCUT2D eigenvalue weighted by Crippen LogP contribution is 2.22. The number of phenols is 1. The van der Waals surface area contributed by atoms with Crippen LogP contribution in [0.15, 0.2) is 53.4 Å². The van der Waals surface area contributed by atoms with Gasteiger partial charge in [0.1, 0.15) is 5.75 Å². The minimum Gasteiger partial charge on any atom is -0.508 e. The lowest BCUT2D eigenvalue weighted by Gasteiger charge is -2.08. The zero-order valence-electron chi connectivity index (χ0n) is 9.17. The van der Waals surface area contributed by atoms with E-state index in [9.17, 15) is 12.8 Å². The van der Waals surface area contributed by atoms with Gasteiger partial charge in [-0.25, -0.2) is 12.8 Å². The van der Waals surface area contributed by atoms with Crippen molar-refractivity contribution >= 4 is 15.7 Å². The number of phenolic OH excluding ortho intramolecular Hbond substituents is 1. The van der Waals surface area contributed by atoms with Crippen molar-refractivity contribution in [3.8, 4) is 5.75 Å². The van der Waals surface area contributed by atoms with Crippen molar-refractivity contribution in [2.24, 2.45) is 0 Å². The molecule has 0 aliphatic heterocycles. The summed E-state index contributed by atoms with van der Waals surface area (Å²) in [7, 11) is -3.82. The van der Waals surface area contributed by atoms with Crippen molar-refractivity contribution < 1.29 is 17.9 Å². The van der Waals surface area contributed by atoms with E-state index in [1.165, 1.54) is 18.2 Å². The average Bonchev–Trinajstić information content (AvgIpc) is 2.34. The Morgan fingerprint density at radius 1 is 1.06 bits per heavy atom. The first-order valence-electron chi connectivity index (χ1n) is 5.05. The Kier molecular flexibility index (Phi) is 3.20. The number of halogens is 1. The summed E-state index contributed by atoms with van der Waals surface area (Å²) in [5.74, 6) is -1.11. The molecule has 0 bridgehead atoms. The van der Waals surface area contributed by atoms with E-state index >= 15 is 0 Å². The standard InChI is InChI=1S/C12H10FNO3S/c13-11-8-9(15)6-7-12(11)14-18(16,17)10-4-2-1-3-5-10/h1-8,14-15H. The Balaban J connectivity index is 2.34. The highest BCUT2D eigenvalue weighted by molar-refractivity contribution is 7.92. The minimum atomic E-state index is -3.82. The molecule has 2 aromatic rings. The van der Waals surface area contributed by atoms with E-state index in [0.29, 0.717) is 0 Å². The fourth-order valence-corrected chi connectivity index (χ4v) is 2.48. The lowest BCUT2D eigenvalue weighted by Crippen LogP contribution is -2.13. The first-order valence-corrected chi connectivity index (χ1v) is 6.54. The average molecular weight is 267 g/mol. The number of anilines is 1. The third-order valence-corrected chi connectivity index (χ3v) is 3.63. The fourth-order valence-electron chi connectivity index (χ4n) is 1.39. The van der Waals surface area contributed by atoms with Gasteiger partial charge in [0.2, 0.25) is 0 Å². The summed E-state index contributed by atoms with van der Waals surface area (Å²) in [6, 6.07) is 10.8. The van der Waals surface area contributed by atoms with Gasteiger partial charge in [-0.05, 0) is 24.3 Å². The fraction of sp³-hybridized carbons (Fsp3) is 0. The van der Waals surface area contributed by atoms with Crippen molar-refractivity contribution in [3.05, 3.63) is 54.3 Å². The number of aromatic hydroxyl groups is 1. The Labute approximate surface area is 104 Å². The second-order valence-corrected chi connectivity index (χ2v) is 5.27. The van der Waals surface area contributed by atoms with Crippen LogP contribution in [0.1, 0.15) is 0 Å². The summed E-state index contributed by atoms with van der Waals surface area (Å²) < 4.78 is 39.3. The van der Waals surface area contributed by atoms with E-state index in [4.69, 9.17) is 5.11 Å². The van der Waals surface area contributed by atoms with Crippen molar-refractivity contribution in [1.29, 1.82) is 0 Å². The van der Waals surface area contributed by atoms with Crippen molar-refractivity contribution in [1.82, 2.24) is 0 Å². The minimum absolute atomic E-state index is 0.0393. The molecule has 2 aromatic carbocycles. The predicted molar refractivity (Wildman–Crippen MR) is 65.3 cm³/mol. The number of sulfonamides is 1. The lowest BCUT2D eigenvalue weighted by atomic mass is 10.3. The first kappa shape index (κ1) is 12.4. The number of hydrogen-bond donors (Lipinski definition) is 2. The molecule has 4 nitrogen and oxygen atoms in total. The monoisotopic (exact) mass is 267 g/mol. The molecule has 0 saturated heterocycles. The van der Waals surface area contributed by atoms with Crippen LogP contribution in [-0.4, -0.2) is 13.5 Å². The molecule has 0 spiro atoms. The number of benzene rings is 2. The molecule has 94 valence electrons. The van der Waals surface area contributed by atoms with Gasteiger partial charge in [0.15, 0.2) is 5.82 Å². The molecule has 0 saturated carbocycles. The molecule has 0 amide bonds. The zero-order chi connectivity index (χ0) is 13.2. The van der Waals surface area contributed by atoms with Crippen LogP contribution in [0.2, 0.25) is 0 Å². The number of rotatable bonds is 3. The van der Waals surface area contributed by atoms with Crippen LogP contribution in [0.5, 0.6) is 5.75 Å². The molecule has 0 aliphatic carbocycles. The van der Waals surface area contributed by atoms with Gasteiger partial charge in [-0.2, -0.15) is 0 Å². The summed E-state index contributed by atoms with van der Waals surface area (Å²) in [5, 5.41) is 9.04. The third kappa shape index (κ3) is 2.60. The SMILES string of the molecule is O=S(=O)(Nc1ccc(O)cc1F)c1ccccc1. The highest BCUT2D eigenvalue weighted by Gasteiger charge is 2.15. The van der Waals surface area contributed by atoms with Gasteiger partial charge < -0.3 is 5.11 Å². The topological polar surface area (TPSA) is 66.4 Å². The van der Waals surface area contributed by atoms with Crippen LogP contribution >= 0.6 is 0 Å². The van der Waals surface area contributed by atoms with Gasteiger partial charge in [0.25, 0.3) is 10.0 Å². The summed E-state index contributed by atoms with van der Waals surface area (Å²) in [6.07, 6.45) is 0. The molecule has 0 aromatic heterocycles. The van der Waals surface area contributed by atoms with E-state index in [1.807, 2.05) is 0 Å². The molecule has 2 rings (SSSR count). The maximum absolute atomic E-state index is 13.4. The predicted octanol–water partition coefficient (Wildman–Crippen LogP) is 2.33. The highest BCUT2D eigenvalue weighted by atomic mass is 32.2. The van der Waals surface area contributed by atoms with Crippen LogP contribution in [0.3, 0.4) is 0 Å². The molecular weight excluding hydrogens is 257 g/mol. The van der Waals surface area contributed by atoms with E-state index in [1.54, 1.807) is 18.2 Å². The summed E-state index contributed by atoms with van der Waals surface area (Å²) in [4.78, 5) is 0.0393. The van der Waals surface area contributed by atoms with Crippen molar-refractivity contribution in [2.75, 3.05) is 4.72 Å². The molecule has 0 aliphatic rings. The maximum atomic E-state index is 13.4. The van der Waals surface area contributed by atoms with Gasteiger partial charge in [0.05, 0.1) is 10.6 Å². The van der Waals surface area contributed by atoms with Gasteiger partial charge in [-0.1, -0.05) is 18.2 Å². The van der Waals surface area contributed by atoms with Crippen molar-refractivity contribution in [2.45, 2.75) is 4.90 Å². The largest absolute Gasteiger partial charge is 0.508 e. The van der Waals surface area contributed by atoms with E-state index < -0.39 is 15.8 Å². The lowest BCUT2D eigenvalue weighted by molar-refractivity contribution is 0.469. The Hall–Kier alpha value is -2.08. The molecule has 2 N–H and O–H groups in total. The van der Waals surface area contributed by atoms with Crippen LogP contribution < -0.4 is 4.72 Å². The second-order valence-electron chi connectivity index (χ2n) is 3.58. The molecule has 0 atom stereocenters. The molecule has 0 fully saturated rings. The molecule has 0 radical (unpaired) electrons. The molecular formula is C12H10FNO3S.